The van der Waals surface area contributed by atoms with E-state index in [9.17, 15) is 5.11 Å². The predicted molar refractivity (Wildman–Crippen MR) is 127 cm³/mol. The minimum absolute atomic E-state index is 0.275. The van der Waals surface area contributed by atoms with Gasteiger partial charge in [0, 0.05) is 39.3 Å². The van der Waals surface area contributed by atoms with E-state index >= 15 is 0 Å². The first kappa shape index (κ1) is 21.1. The van der Waals surface area contributed by atoms with Crippen molar-refractivity contribution >= 4 is 16.9 Å². The van der Waals surface area contributed by atoms with Gasteiger partial charge >= 0.3 is 0 Å². The molecule has 3 heterocycles. The van der Waals surface area contributed by atoms with Gasteiger partial charge in [-0.15, -0.1) is 0 Å². The minimum atomic E-state index is 0.275. The van der Waals surface area contributed by atoms with Crippen LogP contribution in [0.1, 0.15) is 6.42 Å². The molecule has 0 aliphatic carbocycles. The molecule has 0 spiro atoms. The molecule has 0 unspecified atom stereocenters. The van der Waals surface area contributed by atoms with Crippen molar-refractivity contribution in [3.05, 3.63) is 48.7 Å². The van der Waals surface area contributed by atoms with Crippen molar-refractivity contribution in [2.24, 2.45) is 0 Å². The highest BCUT2D eigenvalue weighted by atomic mass is 16.5. The van der Waals surface area contributed by atoms with Crippen LogP contribution in [-0.4, -0.2) is 90.4 Å². The number of hydrogen-bond donors (Lipinski definition) is 1. The molecule has 7 nitrogen and oxygen atoms in total. The molecule has 32 heavy (non-hydrogen) atoms. The Morgan fingerprint density at radius 3 is 2.22 bits per heavy atom. The van der Waals surface area contributed by atoms with Gasteiger partial charge in [-0.25, -0.2) is 4.98 Å². The number of phenols is 1. The number of hydrogen-bond acceptors (Lipinski definition) is 7. The van der Waals surface area contributed by atoms with Gasteiger partial charge in [-0.05, 0) is 54.9 Å². The van der Waals surface area contributed by atoms with Gasteiger partial charge in [-0.3, -0.25) is 14.8 Å². The first-order valence-electron chi connectivity index (χ1n) is 11.6. The molecule has 1 N–H and O–H groups in total. The SMILES string of the molecule is Oc1ccc(-c2ccc3ncc(N4CCN(CCCN5CCOCC5)CC4)nc3c2)cc1. The standard InChI is InChI=1S/C25H31N5O2/c31-22-5-2-20(3-6-22)21-4-7-23-24(18-21)27-25(19-26-23)30-12-10-28(11-13-30)8-1-9-29-14-16-32-17-15-29/h2-7,18-19,31H,1,8-17H2. The minimum Gasteiger partial charge on any atom is -0.508 e. The summed E-state index contributed by atoms with van der Waals surface area (Å²) >= 11 is 0. The number of benzene rings is 2. The number of morpholine rings is 1. The van der Waals surface area contributed by atoms with Crippen molar-refractivity contribution in [2.45, 2.75) is 6.42 Å². The Morgan fingerprint density at radius 2 is 1.47 bits per heavy atom. The predicted octanol–water partition coefficient (Wildman–Crippen LogP) is 2.85. The molecular formula is C25H31N5O2. The molecule has 5 rings (SSSR count). The average molecular weight is 434 g/mol. The largest absolute Gasteiger partial charge is 0.508 e. The van der Waals surface area contributed by atoms with Crippen molar-refractivity contribution in [3.63, 3.8) is 0 Å². The number of phenolic OH excluding ortho intramolecular Hbond substituents is 1. The number of piperazine rings is 1. The molecule has 2 aromatic carbocycles. The molecule has 0 radical (unpaired) electrons. The third kappa shape index (κ3) is 5.01. The molecule has 2 aliphatic heterocycles. The number of ether oxygens (including phenoxy) is 1. The molecule has 7 heteroatoms. The normalized spacial score (nSPS) is 18.3. The van der Waals surface area contributed by atoms with Gasteiger partial charge in [0.05, 0.1) is 30.4 Å². The van der Waals surface area contributed by atoms with E-state index in [1.807, 2.05) is 24.4 Å². The Kier molecular flexibility index (Phi) is 6.48. The number of rotatable bonds is 6. The van der Waals surface area contributed by atoms with Crippen molar-refractivity contribution in [1.82, 2.24) is 19.8 Å². The van der Waals surface area contributed by atoms with Gasteiger partial charge in [0.25, 0.3) is 0 Å². The summed E-state index contributed by atoms with van der Waals surface area (Å²) in [6, 6.07) is 13.4. The monoisotopic (exact) mass is 433 g/mol. The summed E-state index contributed by atoms with van der Waals surface area (Å²) in [5, 5.41) is 9.54. The second-order valence-electron chi connectivity index (χ2n) is 8.61. The van der Waals surface area contributed by atoms with Gasteiger partial charge in [0.15, 0.2) is 0 Å². The van der Waals surface area contributed by atoms with Crippen LogP contribution in [0.25, 0.3) is 22.2 Å². The second kappa shape index (κ2) is 9.81. The molecule has 0 amide bonds. The van der Waals surface area contributed by atoms with Gasteiger partial charge in [-0.2, -0.15) is 0 Å². The third-order valence-electron chi connectivity index (χ3n) is 6.48. The van der Waals surface area contributed by atoms with Crippen LogP contribution in [0.5, 0.6) is 5.75 Å². The lowest BCUT2D eigenvalue weighted by Gasteiger charge is -2.35. The smallest absolute Gasteiger partial charge is 0.147 e. The highest BCUT2D eigenvalue weighted by molar-refractivity contribution is 5.82. The van der Waals surface area contributed by atoms with E-state index in [0.29, 0.717) is 0 Å². The quantitative estimate of drug-likeness (QED) is 0.641. The Balaban J connectivity index is 1.19. The van der Waals surface area contributed by atoms with Crippen LogP contribution >= 0.6 is 0 Å². The van der Waals surface area contributed by atoms with Crippen LogP contribution in [-0.2, 0) is 4.74 Å². The van der Waals surface area contributed by atoms with Gasteiger partial charge in [0.2, 0.25) is 0 Å². The van der Waals surface area contributed by atoms with Crippen molar-refractivity contribution < 1.29 is 9.84 Å². The number of fused-ring (bicyclic) bond motifs is 1. The third-order valence-corrected chi connectivity index (χ3v) is 6.48. The molecule has 168 valence electrons. The van der Waals surface area contributed by atoms with E-state index in [-0.39, 0.29) is 5.75 Å². The topological polar surface area (TPSA) is 65.0 Å². The van der Waals surface area contributed by atoms with E-state index in [0.717, 1.165) is 87.0 Å². The molecule has 3 aromatic rings. The van der Waals surface area contributed by atoms with Gasteiger partial charge in [-0.1, -0.05) is 18.2 Å². The van der Waals surface area contributed by atoms with Crippen LogP contribution in [0, 0.1) is 0 Å². The lowest BCUT2D eigenvalue weighted by molar-refractivity contribution is 0.0360. The first-order valence-corrected chi connectivity index (χ1v) is 11.6. The van der Waals surface area contributed by atoms with Crippen LogP contribution < -0.4 is 4.90 Å². The summed E-state index contributed by atoms with van der Waals surface area (Å²) in [5.41, 5.74) is 3.94. The van der Waals surface area contributed by atoms with Crippen molar-refractivity contribution in [3.8, 4) is 16.9 Å². The van der Waals surface area contributed by atoms with Crippen molar-refractivity contribution in [1.29, 1.82) is 0 Å². The van der Waals surface area contributed by atoms with Crippen LogP contribution in [0.2, 0.25) is 0 Å². The lowest BCUT2D eigenvalue weighted by Crippen LogP contribution is -2.47. The number of aromatic nitrogens is 2. The summed E-state index contributed by atoms with van der Waals surface area (Å²) in [4.78, 5) is 17.0. The summed E-state index contributed by atoms with van der Waals surface area (Å²) in [5.74, 6) is 1.23. The average Bonchev–Trinajstić information content (AvgIpc) is 2.85. The van der Waals surface area contributed by atoms with Crippen molar-refractivity contribution in [2.75, 3.05) is 70.5 Å². The zero-order valence-electron chi connectivity index (χ0n) is 18.5. The maximum absolute atomic E-state index is 9.54. The number of nitrogens with zero attached hydrogens (tertiary/aromatic N) is 5. The van der Waals surface area contributed by atoms with Gasteiger partial charge in [0.1, 0.15) is 11.6 Å². The number of aromatic hydroxyl groups is 1. The molecule has 2 fully saturated rings. The molecule has 1 aromatic heterocycles. The summed E-state index contributed by atoms with van der Waals surface area (Å²) < 4.78 is 5.43. The molecule has 0 bridgehead atoms. The Bertz CT molecular complexity index is 1030. The van der Waals surface area contributed by atoms with Crippen LogP contribution in [0.3, 0.4) is 0 Å². The van der Waals surface area contributed by atoms with E-state index in [1.54, 1.807) is 12.1 Å². The van der Waals surface area contributed by atoms with E-state index in [4.69, 9.17) is 9.72 Å². The van der Waals surface area contributed by atoms with Gasteiger partial charge < -0.3 is 14.7 Å². The molecule has 2 aliphatic rings. The Morgan fingerprint density at radius 1 is 0.781 bits per heavy atom. The fourth-order valence-corrected chi connectivity index (χ4v) is 4.53. The molecule has 0 atom stereocenters. The molecular weight excluding hydrogens is 402 g/mol. The fourth-order valence-electron chi connectivity index (χ4n) is 4.53. The first-order chi connectivity index (χ1) is 15.7. The zero-order chi connectivity index (χ0) is 21.8. The maximum atomic E-state index is 9.54. The summed E-state index contributed by atoms with van der Waals surface area (Å²) in [6.07, 6.45) is 3.12. The van der Waals surface area contributed by atoms with E-state index < -0.39 is 0 Å². The van der Waals surface area contributed by atoms with Crippen LogP contribution in [0.15, 0.2) is 48.7 Å². The number of anilines is 1. The highest BCUT2D eigenvalue weighted by Gasteiger charge is 2.19. The maximum Gasteiger partial charge on any atom is 0.147 e. The molecule has 2 saturated heterocycles. The van der Waals surface area contributed by atoms with Crippen LogP contribution in [0.4, 0.5) is 5.82 Å². The highest BCUT2D eigenvalue weighted by Crippen LogP contribution is 2.26. The summed E-state index contributed by atoms with van der Waals surface area (Å²) in [7, 11) is 0. The fraction of sp³-hybridized carbons (Fsp3) is 0.440. The molecule has 0 saturated carbocycles. The zero-order valence-corrected chi connectivity index (χ0v) is 18.5. The van der Waals surface area contributed by atoms with E-state index in [2.05, 4.69) is 31.8 Å². The summed E-state index contributed by atoms with van der Waals surface area (Å²) in [6.45, 7) is 10.3. The lowest BCUT2D eigenvalue weighted by atomic mass is 10.0. The van der Waals surface area contributed by atoms with E-state index in [1.165, 1.54) is 13.0 Å². The Hall–Kier alpha value is -2.74. The Labute approximate surface area is 189 Å². The second-order valence-corrected chi connectivity index (χ2v) is 8.61.